The molecule has 0 spiro atoms. The lowest BCUT2D eigenvalue weighted by atomic mass is 10.0. The molecule has 4 rings (SSSR count). The SMILES string of the molecule is CCc1ncc(-c2nn(C)c(=O)o2)cc1-c1ccc(NC(=O)c2snnc2C)cc1. The molecule has 0 aliphatic heterocycles. The highest BCUT2D eigenvalue weighted by atomic mass is 32.1. The van der Waals surface area contributed by atoms with Gasteiger partial charge in [0.25, 0.3) is 11.8 Å². The van der Waals surface area contributed by atoms with Crippen LogP contribution < -0.4 is 11.1 Å². The monoisotopic (exact) mass is 422 g/mol. The molecule has 1 aromatic carbocycles. The number of pyridine rings is 1. The van der Waals surface area contributed by atoms with Gasteiger partial charge in [-0.25, -0.2) is 4.79 Å². The zero-order valence-corrected chi connectivity index (χ0v) is 17.4. The zero-order valence-electron chi connectivity index (χ0n) is 16.5. The Morgan fingerprint density at radius 2 is 2.00 bits per heavy atom. The molecule has 0 saturated heterocycles. The number of hydrogen-bond donors (Lipinski definition) is 1. The number of nitrogens with one attached hydrogen (secondary N) is 1. The largest absolute Gasteiger partial charge is 0.437 e. The van der Waals surface area contributed by atoms with Crippen LogP contribution in [-0.2, 0) is 13.5 Å². The summed E-state index contributed by atoms with van der Waals surface area (Å²) in [4.78, 5) is 28.9. The van der Waals surface area contributed by atoms with Crippen LogP contribution in [0.4, 0.5) is 5.69 Å². The molecule has 0 radical (unpaired) electrons. The van der Waals surface area contributed by atoms with E-state index in [-0.39, 0.29) is 11.8 Å². The Kier molecular flexibility index (Phi) is 5.23. The second-order valence-electron chi connectivity index (χ2n) is 6.59. The third-order valence-corrected chi connectivity index (χ3v) is 5.38. The van der Waals surface area contributed by atoms with Gasteiger partial charge in [-0.3, -0.25) is 9.78 Å². The summed E-state index contributed by atoms with van der Waals surface area (Å²) in [6.45, 7) is 3.77. The minimum absolute atomic E-state index is 0.219. The van der Waals surface area contributed by atoms with Crippen LogP contribution in [0.5, 0.6) is 0 Å². The summed E-state index contributed by atoms with van der Waals surface area (Å²) in [7, 11) is 1.53. The number of anilines is 1. The fourth-order valence-electron chi connectivity index (χ4n) is 2.97. The highest BCUT2D eigenvalue weighted by Gasteiger charge is 2.15. The van der Waals surface area contributed by atoms with E-state index in [9.17, 15) is 9.59 Å². The topological polar surface area (TPSA) is 116 Å². The average molecular weight is 422 g/mol. The molecule has 9 nitrogen and oxygen atoms in total. The summed E-state index contributed by atoms with van der Waals surface area (Å²) in [5.41, 5.74) is 4.61. The quantitative estimate of drug-likeness (QED) is 0.525. The number of carbonyl (C=O) groups excluding carboxylic acids is 1. The summed E-state index contributed by atoms with van der Waals surface area (Å²) >= 11 is 1.06. The lowest BCUT2D eigenvalue weighted by Crippen LogP contribution is -2.11. The van der Waals surface area contributed by atoms with Crippen LogP contribution >= 0.6 is 11.5 Å². The van der Waals surface area contributed by atoms with E-state index in [1.807, 2.05) is 37.3 Å². The zero-order chi connectivity index (χ0) is 21.3. The van der Waals surface area contributed by atoms with Gasteiger partial charge in [0.2, 0.25) is 0 Å². The van der Waals surface area contributed by atoms with E-state index in [0.717, 1.165) is 39.5 Å². The maximum atomic E-state index is 12.3. The van der Waals surface area contributed by atoms with Crippen molar-refractivity contribution in [2.45, 2.75) is 20.3 Å². The van der Waals surface area contributed by atoms with Crippen molar-refractivity contribution in [3.8, 4) is 22.6 Å². The molecule has 0 aliphatic carbocycles. The van der Waals surface area contributed by atoms with Gasteiger partial charge in [-0.05, 0) is 48.6 Å². The number of rotatable bonds is 5. The Balaban J connectivity index is 1.63. The molecule has 3 aromatic heterocycles. The number of amides is 1. The molecule has 1 amide bonds. The third-order valence-electron chi connectivity index (χ3n) is 4.55. The first-order valence-corrected chi connectivity index (χ1v) is 9.97. The molecule has 1 N–H and O–H groups in total. The van der Waals surface area contributed by atoms with E-state index in [0.29, 0.717) is 21.8 Å². The summed E-state index contributed by atoms with van der Waals surface area (Å²) < 4.78 is 10.1. The van der Waals surface area contributed by atoms with Gasteiger partial charge in [0.1, 0.15) is 4.88 Å². The Bertz CT molecular complexity index is 1270. The maximum absolute atomic E-state index is 12.3. The van der Waals surface area contributed by atoms with Crippen molar-refractivity contribution in [2.24, 2.45) is 7.05 Å². The maximum Gasteiger partial charge on any atom is 0.437 e. The van der Waals surface area contributed by atoms with Crippen LogP contribution in [0.25, 0.3) is 22.6 Å². The van der Waals surface area contributed by atoms with E-state index in [2.05, 4.69) is 25.0 Å². The predicted octanol–water partition coefficient (Wildman–Crippen LogP) is 3.08. The molecule has 30 heavy (non-hydrogen) atoms. The lowest BCUT2D eigenvalue weighted by Gasteiger charge is -2.10. The third kappa shape index (κ3) is 3.77. The Labute approximate surface area is 175 Å². The molecular formula is C20H18N6O3S. The molecule has 0 atom stereocenters. The molecule has 10 heteroatoms. The molecular weight excluding hydrogens is 404 g/mol. The molecule has 0 fully saturated rings. The highest BCUT2D eigenvalue weighted by Crippen LogP contribution is 2.28. The van der Waals surface area contributed by atoms with Gasteiger partial charge < -0.3 is 9.73 Å². The van der Waals surface area contributed by atoms with Crippen LogP contribution in [0.1, 0.15) is 28.0 Å². The first kappa shape index (κ1) is 19.6. The van der Waals surface area contributed by atoms with Gasteiger partial charge in [-0.1, -0.05) is 23.5 Å². The summed E-state index contributed by atoms with van der Waals surface area (Å²) in [5, 5.41) is 10.8. The van der Waals surface area contributed by atoms with Crippen molar-refractivity contribution in [3.63, 3.8) is 0 Å². The number of aromatic nitrogens is 5. The minimum Gasteiger partial charge on any atom is -0.388 e. The van der Waals surface area contributed by atoms with Crippen LogP contribution in [-0.4, -0.2) is 30.3 Å². The van der Waals surface area contributed by atoms with Crippen molar-refractivity contribution < 1.29 is 9.21 Å². The highest BCUT2D eigenvalue weighted by molar-refractivity contribution is 7.08. The fraction of sp³-hybridized carbons (Fsp3) is 0.200. The standard InChI is InChI=1S/C20H18N6O3S/c1-4-16-15(9-13(10-21-16)19-24-26(3)20(28)29-19)12-5-7-14(8-6-12)22-18(27)17-11(2)23-25-30-17/h5-10H,4H2,1-3H3,(H,22,27). The van der Waals surface area contributed by atoms with Gasteiger partial charge in [0, 0.05) is 30.2 Å². The van der Waals surface area contributed by atoms with Gasteiger partial charge in [0.15, 0.2) is 0 Å². The molecule has 3 heterocycles. The Hall–Kier alpha value is -3.66. The number of hydrogen-bond acceptors (Lipinski definition) is 8. The van der Waals surface area contributed by atoms with Gasteiger partial charge >= 0.3 is 5.76 Å². The molecule has 0 aliphatic rings. The van der Waals surface area contributed by atoms with E-state index < -0.39 is 5.76 Å². The van der Waals surface area contributed by atoms with E-state index in [1.165, 1.54) is 7.05 Å². The first-order valence-electron chi connectivity index (χ1n) is 9.20. The summed E-state index contributed by atoms with van der Waals surface area (Å²) in [6, 6.07) is 9.36. The molecule has 4 aromatic rings. The summed E-state index contributed by atoms with van der Waals surface area (Å²) in [5.74, 6) is -0.549. The smallest absolute Gasteiger partial charge is 0.388 e. The van der Waals surface area contributed by atoms with Crippen molar-refractivity contribution in [3.05, 3.63) is 63.3 Å². The van der Waals surface area contributed by atoms with Gasteiger partial charge in [-0.15, -0.1) is 10.2 Å². The molecule has 0 bridgehead atoms. The first-order chi connectivity index (χ1) is 14.5. The summed E-state index contributed by atoms with van der Waals surface area (Å²) in [6.07, 6.45) is 2.38. The van der Waals surface area contributed by atoms with Crippen LogP contribution in [0.15, 0.2) is 45.7 Å². The predicted molar refractivity (Wildman–Crippen MR) is 112 cm³/mol. The Morgan fingerprint density at radius 3 is 2.60 bits per heavy atom. The second-order valence-corrected chi connectivity index (χ2v) is 7.34. The van der Waals surface area contributed by atoms with Crippen LogP contribution in [0.2, 0.25) is 0 Å². The van der Waals surface area contributed by atoms with E-state index >= 15 is 0 Å². The van der Waals surface area contributed by atoms with E-state index in [4.69, 9.17) is 4.42 Å². The second kappa shape index (κ2) is 7.99. The number of aryl methyl sites for hydroxylation is 3. The normalized spacial score (nSPS) is 10.9. The minimum atomic E-state index is -0.530. The number of carbonyl (C=O) groups is 1. The number of nitrogens with zero attached hydrogens (tertiary/aromatic N) is 5. The van der Waals surface area contributed by atoms with Gasteiger partial charge in [0.05, 0.1) is 11.3 Å². The van der Waals surface area contributed by atoms with Crippen molar-refractivity contribution >= 4 is 23.1 Å². The van der Waals surface area contributed by atoms with Crippen molar-refractivity contribution in [1.82, 2.24) is 24.4 Å². The van der Waals surface area contributed by atoms with Crippen molar-refractivity contribution in [1.29, 1.82) is 0 Å². The van der Waals surface area contributed by atoms with Crippen molar-refractivity contribution in [2.75, 3.05) is 5.32 Å². The lowest BCUT2D eigenvalue weighted by molar-refractivity contribution is 0.103. The fourth-order valence-corrected chi connectivity index (χ4v) is 3.52. The van der Waals surface area contributed by atoms with Crippen LogP contribution in [0, 0.1) is 6.92 Å². The molecule has 152 valence electrons. The molecule has 0 saturated carbocycles. The average Bonchev–Trinajstić information content (AvgIpc) is 3.33. The van der Waals surface area contributed by atoms with Crippen LogP contribution in [0.3, 0.4) is 0 Å². The van der Waals surface area contributed by atoms with Gasteiger partial charge in [-0.2, -0.15) is 4.68 Å². The molecule has 0 unspecified atom stereocenters. The van der Waals surface area contributed by atoms with E-state index in [1.54, 1.807) is 13.1 Å². The number of benzene rings is 1. The Morgan fingerprint density at radius 1 is 1.23 bits per heavy atom.